The maximum absolute atomic E-state index is 6.23. The van der Waals surface area contributed by atoms with Gasteiger partial charge in [-0.1, -0.05) is 44.2 Å². The van der Waals surface area contributed by atoms with Crippen LogP contribution in [0.4, 0.5) is 5.82 Å². The van der Waals surface area contributed by atoms with Crippen molar-refractivity contribution in [2.24, 2.45) is 0 Å². The standard InChI is InChI=1S/C18H21N3/c1-12(2)15-7-5-14(6-8-15)10-16-18(19)21-11-13(3)4-9-17(21)20-16/h4-9,11-12H,10,19H2,1-3H3. The Morgan fingerprint density at radius 3 is 2.48 bits per heavy atom. The number of benzene rings is 1. The summed E-state index contributed by atoms with van der Waals surface area (Å²) in [6, 6.07) is 12.8. The van der Waals surface area contributed by atoms with Crippen LogP contribution in [-0.4, -0.2) is 9.38 Å². The second-order valence-electron chi connectivity index (χ2n) is 5.95. The van der Waals surface area contributed by atoms with E-state index in [1.807, 2.05) is 16.7 Å². The molecule has 0 aliphatic heterocycles. The van der Waals surface area contributed by atoms with Crippen LogP contribution in [0.3, 0.4) is 0 Å². The lowest BCUT2D eigenvalue weighted by Crippen LogP contribution is -1.98. The third-order valence-electron chi connectivity index (χ3n) is 3.90. The molecular weight excluding hydrogens is 258 g/mol. The van der Waals surface area contributed by atoms with Gasteiger partial charge in [-0.15, -0.1) is 0 Å². The zero-order chi connectivity index (χ0) is 15.0. The van der Waals surface area contributed by atoms with Crippen molar-refractivity contribution in [2.75, 3.05) is 5.73 Å². The van der Waals surface area contributed by atoms with E-state index in [1.54, 1.807) is 0 Å². The lowest BCUT2D eigenvalue weighted by Gasteiger charge is -2.06. The normalized spacial score (nSPS) is 11.4. The van der Waals surface area contributed by atoms with Gasteiger partial charge in [0.2, 0.25) is 0 Å². The van der Waals surface area contributed by atoms with Crippen LogP contribution in [0.1, 0.15) is 42.1 Å². The number of nitrogens with zero attached hydrogens (tertiary/aromatic N) is 2. The summed E-state index contributed by atoms with van der Waals surface area (Å²) in [4.78, 5) is 4.64. The largest absolute Gasteiger partial charge is 0.383 e. The highest BCUT2D eigenvalue weighted by atomic mass is 15.1. The van der Waals surface area contributed by atoms with Gasteiger partial charge >= 0.3 is 0 Å². The molecule has 0 spiro atoms. The Hall–Kier alpha value is -2.29. The minimum Gasteiger partial charge on any atom is -0.383 e. The SMILES string of the molecule is Cc1ccc2nc(Cc3ccc(C(C)C)cc3)c(N)n2c1. The predicted octanol–water partition coefficient (Wildman–Crippen LogP) is 3.94. The first kappa shape index (κ1) is 13.7. The number of pyridine rings is 1. The Labute approximate surface area is 125 Å². The van der Waals surface area contributed by atoms with Crippen molar-refractivity contribution >= 4 is 11.5 Å². The van der Waals surface area contributed by atoms with Gasteiger partial charge in [0.15, 0.2) is 0 Å². The number of nitrogens with two attached hydrogens (primary N) is 1. The molecule has 0 saturated heterocycles. The van der Waals surface area contributed by atoms with E-state index in [-0.39, 0.29) is 0 Å². The van der Waals surface area contributed by atoms with Crippen LogP contribution in [-0.2, 0) is 6.42 Å². The molecule has 0 amide bonds. The molecule has 0 atom stereocenters. The van der Waals surface area contributed by atoms with Crippen molar-refractivity contribution in [3.8, 4) is 0 Å². The number of hydrogen-bond donors (Lipinski definition) is 1. The van der Waals surface area contributed by atoms with Gasteiger partial charge in [0.25, 0.3) is 0 Å². The quantitative estimate of drug-likeness (QED) is 0.789. The van der Waals surface area contributed by atoms with E-state index in [9.17, 15) is 0 Å². The van der Waals surface area contributed by atoms with E-state index < -0.39 is 0 Å². The van der Waals surface area contributed by atoms with Gasteiger partial charge in [0.05, 0.1) is 5.69 Å². The van der Waals surface area contributed by atoms with Crippen LogP contribution >= 0.6 is 0 Å². The summed E-state index contributed by atoms with van der Waals surface area (Å²) >= 11 is 0. The molecule has 2 heterocycles. The minimum absolute atomic E-state index is 0.558. The van der Waals surface area contributed by atoms with Crippen LogP contribution in [0.15, 0.2) is 42.6 Å². The first-order valence-corrected chi connectivity index (χ1v) is 7.36. The monoisotopic (exact) mass is 279 g/mol. The van der Waals surface area contributed by atoms with E-state index in [2.05, 4.69) is 56.1 Å². The fraction of sp³-hybridized carbons (Fsp3) is 0.278. The third-order valence-corrected chi connectivity index (χ3v) is 3.90. The fourth-order valence-corrected chi connectivity index (χ4v) is 2.56. The van der Waals surface area contributed by atoms with Crippen molar-refractivity contribution in [2.45, 2.75) is 33.1 Å². The Balaban J connectivity index is 1.92. The first-order chi connectivity index (χ1) is 10.0. The molecule has 2 N–H and O–H groups in total. The number of anilines is 1. The lowest BCUT2D eigenvalue weighted by molar-refractivity contribution is 0.865. The molecule has 0 radical (unpaired) electrons. The topological polar surface area (TPSA) is 43.3 Å². The van der Waals surface area contributed by atoms with Crippen molar-refractivity contribution in [3.63, 3.8) is 0 Å². The average Bonchev–Trinajstić information content (AvgIpc) is 2.76. The van der Waals surface area contributed by atoms with E-state index >= 15 is 0 Å². The van der Waals surface area contributed by atoms with Gasteiger partial charge in [-0.25, -0.2) is 4.98 Å². The van der Waals surface area contributed by atoms with E-state index in [1.165, 1.54) is 16.7 Å². The number of aromatic nitrogens is 2. The highest BCUT2D eigenvalue weighted by Gasteiger charge is 2.10. The second kappa shape index (κ2) is 5.24. The van der Waals surface area contributed by atoms with Crippen molar-refractivity contribution < 1.29 is 0 Å². The average molecular weight is 279 g/mol. The Morgan fingerprint density at radius 2 is 1.81 bits per heavy atom. The van der Waals surface area contributed by atoms with Crippen LogP contribution in [0, 0.1) is 6.92 Å². The molecule has 3 aromatic rings. The van der Waals surface area contributed by atoms with Crippen LogP contribution in [0.2, 0.25) is 0 Å². The zero-order valence-electron chi connectivity index (χ0n) is 12.8. The molecule has 3 heteroatoms. The molecule has 0 saturated carbocycles. The molecule has 0 unspecified atom stereocenters. The van der Waals surface area contributed by atoms with Crippen molar-refractivity contribution in [3.05, 3.63) is 65.0 Å². The Bertz CT molecular complexity index is 767. The van der Waals surface area contributed by atoms with Crippen LogP contribution in [0.5, 0.6) is 0 Å². The summed E-state index contributed by atoms with van der Waals surface area (Å²) < 4.78 is 1.97. The van der Waals surface area contributed by atoms with Gasteiger partial charge in [0, 0.05) is 12.6 Å². The predicted molar refractivity (Wildman–Crippen MR) is 87.7 cm³/mol. The Kier molecular flexibility index (Phi) is 3.42. The minimum atomic E-state index is 0.558. The van der Waals surface area contributed by atoms with Gasteiger partial charge in [-0.2, -0.15) is 0 Å². The first-order valence-electron chi connectivity index (χ1n) is 7.36. The molecule has 21 heavy (non-hydrogen) atoms. The smallest absolute Gasteiger partial charge is 0.138 e. The lowest BCUT2D eigenvalue weighted by atomic mass is 10.0. The molecule has 108 valence electrons. The van der Waals surface area contributed by atoms with Crippen LogP contribution in [0.25, 0.3) is 5.65 Å². The number of nitrogen functional groups attached to an aromatic ring is 1. The molecule has 1 aromatic carbocycles. The highest BCUT2D eigenvalue weighted by Crippen LogP contribution is 2.21. The summed E-state index contributed by atoms with van der Waals surface area (Å²) in [7, 11) is 0. The van der Waals surface area contributed by atoms with Gasteiger partial charge in [-0.05, 0) is 35.6 Å². The summed E-state index contributed by atoms with van der Waals surface area (Å²) in [5, 5.41) is 0. The molecule has 3 rings (SSSR count). The van der Waals surface area contributed by atoms with E-state index in [4.69, 9.17) is 5.73 Å². The second-order valence-corrected chi connectivity index (χ2v) is 5.95. The van der Waals surface area contributed by atoms with Crippen LogP contribution < -0.4 is 5.73 Å². The van der Waals surface area contributed by atoms with E-state index in [0.717, 1.165) is 23.6 Å². The number of rotatable bonds is 3. The maximum atomic E-state index is 6.23. The summed E-state index contributed by atoms with van der Waals surface area (Å²) in [6.45, 7) is 6.47. The summed E-state index contributed by atoms with van der Waals surface area (Å²) in [5.41, 5.74) is 11.9. The van der Waals surface area contributed by atoms with Crippen molar-refractivity contribution in [1.29, 1.82) is 0 Å². The van der Waals surface area contributed by atoms with Gasteiger partial charge in [-0.3, -0.25) is 4.40 Å². The molecular formula is C18H21N3. The molecule has 0 fully saturated rings. The Morgan fingerprint density at radius 1 is 1.10 bits per heavy atom. The molecule has 0 aliphatic rings. The van der Waals surface area contributed by atoms with Gasteiger partial charge in [0.1, 0.15) is 11.5 Å². The van der Waals surface area contributed by atoms with Gasteiger partial charge < -0.3 is 5.73 Å². The summed E-state index contributed by atoms with van der Waals surface area (Å²) in [5.74, 6) is 1.30. The molecule has 0 aliphatic carbocycles. The number of aryl methyl sites for hydroxylation is 1. The van der Waals surface area contributed by atoms with Crippen molar-refractivity contribution in [1.82, 2.24) is 9.38 Å². The molecule has 2 aromatic heterocycles. The highest BCUT2D eigenvalue weighted by molar-refractivity contribution is 5.54. The number of imidazole rings is 1. The maximum Gasteiger partial charge on any atom is 0.138 e. The fourth-order valence-electron chi connectivity index (χ4n) is 2.56. The third kappa shape index (κ3) is 2.64. The number of hydrogen-bond acceptors (Lipinski definition) is 2. The number of fused-ring (bicyclic) bond motifs is 1. The zero-order valence-corrected chi connectivity index (χ0v) is 12.8. The molecule has 0 bridgehead atoms. The van der Waals surface area contributed by atoms with E-state index in [0.29, 0.717) is 5.92 Å². The molecule has 3 nitrogen and oxygen atoms in total. The summed E-state index contributed by atoms with van der Waals surface area (Å²) in [6.07, 6.45) is 2.80.